The highest BCUT2D eigenvalue weighted by Gasteiger charge is 2.42. The van der Waals surface area contributed by atoms with Crippen LogP contribution in [-0.2, 0) is 20.8 Å². The molecule has 1 aromatic carbocycles. The number of aliphatic carboxylic acids is 1. The van der Waals surface area contributed by atoms with E-state index in [2.05, 4.69) is 0 Å². The summed E-state index contributed by atoms with van der Waals surface area (Å²) in [5, 5.41) is 9.37. The molecule has 3 rings (SSSR count). The molecule has 1 N–H and O–H groups in total. The molecule has 0 radical (unpaired) electrons. The number of hydrogen-bond acceptors (Lipinski definition) is 3. The molecule has 0 spiro atoms. The van der Waals surface area contributed by atoms with E-state index in [1.165, 1.54) is 16.7 Å². The number of fused-ring (bicyclic) bond motifs is 1. The summed E-state index contributed by atoms with van der Waals surface area (Å²) < 4.78 is 0. The molecule has 23 heavy (non-hydrogen) atoms. The molecule has 0 unspecified atom stereocenters. The number of rotatable bonds is 2. The van der Waals surface area contributed by atoms with Crippen LogP contribution in [0.1, 0.15) is 31.7 Å². The van der Waals surface area contributed by atoms with Crippen LogP contribution in [0.25, 0.3) is 0 Å². The first kappa shape index (κ1) is 15.5. The Morgan fingerprint density at radius 2 is 1.87 bits per heavy atom. The number of amides is 2. The van der Waals surface area contributed by atoms with E-state index >= 15 is 0 Å². The van der Waals surface area contributed by atoms with Crippen molar-refractivity contribution in [2.24, 2.45) is 0 Å². The fourth-order valence-electron chi connectivity index (χ4n) is 3.62. The van der Waals surface area contributed by atoms with Gasteiger partial charge in [0.15, 0.2) is 0 Å². The number of para-hydroxylation sites is 1. The zero-order chi connectivity index (χ0) is 16.6. The maximum absolute atomic E-state index is 13.0. The molecular formula is C17H20N2O4. The Kier molecular flexibility index (Phi) is 4.07. The number of carbonyl (C=O) groups excluding carboxylic acids is 2. The van der Waals surface area contributed by atoms with Gasteiger partial charge in [0, 0.05) is 25.6 Å². The molecule has 1 fully saturated rings. The van der Waals surface area contributed by atoms with Gasteiger partial charge < -0.3 is 10.0 Å². The average molecular weight is 316 g/mol. The van der Waals surface area contributed by atoms with E-state index in [1.807, 2.05) is 24.3 Å². The maximum Gasteiger partial charge on any atom is 0.326 e. The first-order valence-electron chi connectivity index (χ1n) is 7.91. The Labute approximate surface area is 134 Å². The number of likely N-dealkylation sites (tertiary alicyclic amines) is 1. The van der Waals surface area contributed by atoms with Crippen molar-refractivity contribution < 1.29 is 19.5 Å². The second-order valence-corrected chi connectivity index (χ2v) is 6.12. The van der Waals surface area contributed by atoms with Gasteiger partial charge in [-0.1, -0.05) is 18.2 Å². The van der Waals surface area contributed by atoms with Gasteiger partial charge in [-0.2, -0.15) is 0 Å². The second kappa shape index (κ2) is 6.02. The first-order chi connectivity index (χ1) is 11.0. The lowest BCUT2D eigenvalue weighted by molar-refractivity contribution is -0.152. The number of nitrogens with zero attached hydrogens (tertiary/aromatic N) is 2. The summed E-state index contributed by atoms with van der Waals surface area (Å²) in [6.45, 7) is 1.88. The van der Waals surface area contributed by atoms with Crippen molar-refractivity contribution in [3.05, 3.63) is 29.8 Å². The van der Waals surface area contributed by atoms with Crippen molar-refractivity contribution in [1.29, 1.82) is 0 Å². The molecule has 2 aliphatic heterocycles. The first-order valence-corrected chi connectivity index (χ1v) is 7.91. The number of carboxylic acids is 1. The summed E-state index contributed by atoms with van der Waals surface area (Å²) in [7, 11) is 0. The van der Waals surface area contributed by atoms with Gasteiger partial charge in [0.25, 0.3) is 0 Å². The predicted molar refractivity (Wildman–Crippen MR) is 84.1 cm³/mol. The summed E-state index contributed by atoms with van der Waals surface area (Å²) in [4.78, 5) is 39.4. The van der Waals surface area contributed by atoms with Gasteiger partial charge in [-0.25, -0.2) is 4.79 Å². The molecule has 122 valence electrons. The van der Waals surface area contributed by atoms with Crippen molar-refractivity contribution in [2.45, 2.75) is 44.7 Å². The molecule has 0 aromatic heterocycles. The van der Waals surface area contributed by atoms with Gasteiger partial charge in [0.2, 0.25) is 11.8 Å². The summed E-state index contributed by atoms with van der Waals surface area (Å²) in [5.41, 5.74) is 1.70. The fraction of sp³-hybridized carbons (Fsp3) is 0.471. The van der Waals surface area contributed by atoms with Crippen LogP contribution >= 0.6 is 0 Å². The molecule has 1 saturated heterocycles. The van der Waals surface area contributed by atoms with Crippen LogP contribution in [0.15, 0.2) is 24.3 Å². The molecule has 2 amide bonds. The lowest BCUT2D eigenvalue weighted by Gasteiger charge is -2.36. The van der Waals surface area contributed by atoms with Crippen molar-refractivity contribution in [3.8, 4) is 0 Å². The fourth-order valence-corrected chi connectivity index (χ4v) is 3.62. The molecule has 6 nitrogen and oxygen atoms in total. The van der Waals surface area contributed by atoms with E-state index in [0.717, 1.165) is 24.1 Å². The van der Waals surface area contributed by atoms with Gasteiger partial charge in [-0.15, -0.1) is 0 Å². The van der Waals surface area contributed by atoms with Crippen molar-refractivity contribution in [3.63, 3.8) is 0 Å². The number of carboxylic acid groups (broad SMARTS) is 1. The third kappa shape index (κ3) is 2.69. The van der Waals surface area contributed by atoms with E-state index in [0.29, 0.717) is 19.4 Å². The van der Waals surface area contributed by atoms with Gasteiger partial charge in [0.1, 0.15) is 12.1 Å². The van der Waals surface area contributed by atoms with Crippen LogP contribution in [0, 0.1) is 0 Å². The lowest BCUT2D eigenvalue weighted by atomic mass is 10.00. The molecular weight excluding hydrogens is 296 g/mol. The molecule has 2 heterocycles. The zero-order valence-electron chi connectivity index (χ0n) is 13.1. The summed E-state index contributed by atoms with van der Waals surface area (Å²) >= 11 is 0. The van der Waals surface area contributed by atoms with Crippen molar-refractivity contribution in [2.75, 3.05) is 11.4 Å². The number of benzene rings is 1. The second-order valence-electron chi connectivity index (χ2n) is 6.12. The molecule has 0 saturated carbocycles. The molecule has 1 aromatic rings. The molecule has 0 aliphatic carbocycles. The topological polar surface area (TPSA) is 77.9 Å². The Bertz CT molecular complexity index is 658. The van der Waals surface area contributed by atoms with Crippen molar-refractivity contribution in [1.82, 2.24) is 4.90 Å². The van der Waals surface area contributed by atoms with Gasteiger partial charge in [-0.3, -0.25) is 14.5 Å². The van der Waals surface area contributed by atoms with Crippen LogP contribution in [-0.4, -0.2) is 46.4 Å². The normalized spacial score (nSPS) is 23.5. The van der Waals surface area contributed by atoms with Gasteiger partial charge in [-0.05, 0) is 30.9 Å². The average Bonchev–Trinajstić information content (AvgIpc) is 2.93. The highest BCUT2D eigenvalue weighted by atomic mass is 16.4. The van der Waals surface area contributed by atoms with E-state index in [-0.39, 0.29) is 11.8 Å². The van der Waals surface area contributed by atoms with Gasteiger partial charge >= 0.3 is 5.97 Å². The Hall–Kier alpha value is -2.37. The van der Waals surface area contributed by atoms with E-state index in [1.54, 1.807) is 0 Å². The minimum absolute atomic E-state index is 0.197. The Morgan fingerprint density at radius 3 is 2.57 bits per heavy atom. The van der Waals surface area contributed by atoms with E-state index in [9.17, 15) is 19.5 Å². The summed E-state index contributed by atoms with van der Waals surface area (Å²) in [6.07, 6.45) is 2.52. The SMILES string of the molecule is CC(=O)N1c2ccccc2C[C@H]1C(=O)N1CCCC[C@H]1C(=O)O. The minimum Gasteiger partial charge on any atom is -0.480 e. The monoisotopic (exact) mass is 316 g/mol. The number of hydrogen-bond donors (Lipinski definition) is 1. The van der Waals surface area contributed by atoms with Crippen LogP contribution in [0.3, 0.4) is 0 Å². The Morgan fingerprint density at radius 1 is 1.13 bits per heavy atom. The Balaban J connectivity index is 1.90. The lowest BCUT2D eigenvalue weighted by Crippen LogP contribution is -2.55. The summed E-state index contributed by atoms with van der Waals surface area (Å²) in [6, 6.07) is 6.03. The molecule has 6 heteroatoms. The quantitative estimate of drug-likeness (QED) is 0.895. The molecule has 2 aliphatic rings. The van der Waals surface area contributed by atoms with Crippen LogP contribution in [0.5, 0.6) is 0 Å². The highest BCUT2D eigenvalue weighted by molar-refractivity contribution is 6.03. The largest absolute Gasteiger partial charge is 0.480 e. The highest BCUT2D eigenvalue weighted by Crippen LogP contribution is 2.33. The maximum atomic E-state index is 13.0. The molecule has 0 bridgehead atoms. The van der Waals surface area contributed by atoms with Crippen LogP contribution in [0.2, 0.25) is 0 Å². The standard InChI is InChI=1S/C17H20N2O4/c1-11(20)19-13-7-3-2-6-12(13)10-15(19)16(21)18-9-5-4-8-14(18)17(22)23/h2-3,6-7,14-15H,4-5,8-10H2,1H3,(H,22,23)/t14-,15-/m0/s1. The van der Waals surface area contributed by atoms with E-state index < -0.39 is 18.1 Å². The third-order valence-corrected chi connectivity index (χ3v) is 4.67. The molecule has 2 atom stereocenters. The summed E-state index contributed by atoms with van der Waals surface area (Å²) in [5.74, 6) is -1.43. The van der Waals surface area contributed by atoms with Crippen molar-refractivity contribution >= 4 is 23.5 Å². The number of carbonyl (C=O) groups is 3. The van der Waals surface area contributed by atoms with Crippen LogP contribution < -0.4 is 4.90 Å². The van der Waals surface area contributed by atoms with E-state index in [4.69, 9.17) is 0 Å². The zero-order valence-corrected chi connectivity index (χ0v) is 13.1. The van der Waals surface area contributed by atoms with Crippen LogP contribution in [0.4, 0.5) is 5.69 Å². The van der Waals surface area contributed by atoms with Gasteiger partial charge in [0.05, 0.1) is 0 Å². The minimum atomic E-state index is -0.970. The smallest absolute Gasteiger partial charge is 0.326 e. The number of piperidine rings is 1. The predicted octanol–water partition coefficient (Wildman–Crippen LogP) is 1.43. The number of anilines is 1. The third-order valence-electron chi connectivity index (χ3n) is 4.67.